The third-order valence-electron chi connectivity index (χ3n) is 4.66. The van der Waals surface area contributed by atoms with Crippen LogP contribution in [-0.4, -0.2) is 49.2 Å². The number of hydrogen-bond donors (Lipinski definition) is 1. The highest BCUT2D eigenvalue weighted by Crippen LogP contribution is 2.29. The van der Waals surface area contributed by atoms with Crippen LogP contribution < -0.4 is 0 Å². The van der Waals surface area contributed by atoms with Crippen molar-refractivity contribution in [1.82, 2.24) is 19.7 Å². The number of pyridine rings is 1. The number of hydrogen-bond acceptors (Lipinski definition) is 4. The minimum absolute atomic E-state index is 0.146. The number of fused-ring (bicyclic) bond motifs is 1. The molecule has 1 aliphatic heterocycles. The predicted octanol–water partition coefficient (Wildman–Crippen LogP) is 1.52. The first-order valence-electron chi connectivity index (χ1n) is 7.66. The van der Waals surface area contributed by atoms with Gasteiger partial charge in [0.1, 0.15) is 0 Å². The topological polar surface area (TPSA) is 88.3 Å². The number of nitrogens with zero attached hydrogens (tertiary/aromatic N) is 4. The molecule has 0 spiro atoms. The lowest BCUT2D eigenvalue weighted by Gasteiger charge is -2.23. The molecule has 0 aliphatic carbocycles. The van der Waals surface area contributed by atoms with E-state index in [0.717, 1.165) is 16.8 Å². The summed E-state index contributed by atoms with van der Waals surface area (Å²) in [5.41, 5.74) is 2.72. The highest BCUT2D eigenvalue weighted by Gasteiger charge is 2.39. The summed E-state index contributed by atoms with van der Waals surface area (Å²) < 4.78 is 1.67. The molecule has 7 heteroatoms. The van der Waals surface area contributed by atoms with Gasteiger partial charge < -0.3 is 10.0 Å². The second-order valence-electron chi connectivity index (χ2n) is 6.19. The molecule has 122 valence electrons. The third-order valence-corrected chi connectivity index (χ3v) is 4.66. The molecule has 0 aromatic carbocycles. The van der Waals surface area contributed by atoms with Crippen molar-refractivity contribution in [1.29, 1.82) is 0 Å². The van der Waals surface area contributed by atoms with Crippen molar-refractivity contribution < 1.29 is 14.7 Å². The van der Waals surface area contributed by atoms with E-state index >= 15 is 0 Å². The van der Waals surface area contributed by atoms with Crippen molar-refractivity contribution in [2.24, 2.45) is 13.0 Å². The van der Waals surface area contributed by atoms with Gasteiger partial charge in [0.05, 0.1) is 22.6 Å². The molecule has 1 saturated heterocycles. The minimum atomic E-state index is -0.846. The van der Waals surface area contributed by atoms with Gasteiger partial charge in [0.25, 0.3) is 5.91 Å². The maximum Gasteiger partial charge on any atom is 0.308 e. The zero-order chi connectivity index (χ0) is 16.9. The van der Waals surface area contributed by atoms with Crippen molar-refractivity contribution in [2.75, 3.05) is 6.54 Å². The van der Waals surface area contributed by atoms with E-state index in [1.807, 2.05) is 13.8 Å². The van der Waals surface area contributed by atoms with Gasteiger partial charge >= 0.3 is 5.97 Å². The van der Waals surface area contributed by atoms with Crippen LogP contribution in [0.2, 0.25) is 0 Å². The normalized spacial score (nSPS) is 21.1. The van der Waals surface area contributed by atoms with Gasteiger partial charge in [0, 0.05) is 25.3 Å². The fraction of sp³-hybridized carbons (Fsp3) is 0.500. The zero-order valence-corrected chi connectivity index (χ0v) is 13.7. The Kier molecular flexibility index (Phi) is 3.58. The van der Waals surface area contributed by atoms with E-state index in [9.17, 15) is 14.7 Å². The molecule has 0 saturated carbocycles. The van der Waals surface area contributed by atoms with Crippen LogP contribution in [0, 0.1) is 19.8 Å². The number of carboxylic acids is 1. The Morgan fingerprint density at radius 2 is 2.04 bits per heavy atom. The standard InChI is InChI=1S/C16H20N4O3/c1-8-7-12(13-9(2)18-19(4)14(13)17-8)15(21)20-6-5-11(10(20)3)16(22)23/h7,10-11H,5-6H2,1-4H3,(H,22,23). The van der Waals surface area contributed by atoms with Gasteiger partial charge in [-0.25, -0.2) is 4.98 Å². The maximum atomic E-state index is 13.0. The second kappa shape index (κ2) is 5.33. The lowest BCUT2D eigenvalue weighted by molar-refractivity contribution is -0.142. The summed E-state index contributed by atoms with van der Waals surface area (Å²) in [6, 6.07) is 1.45. The van der Waals surface area contributed by atoms with Gasteiger partial charge in [-0.05, 0) is 33.3 Å². The molecule has 1 amide bonds. The van der Waals surface area contributed by atoms with Crippen molar-refractivity contribution in [3.63, 3.8) is 0 Å². The Morgan fingerprint density at radius 1 is 1.35 bits per heavy atom. The molecule has 0 radical (unpaired) electrons. The van der Waals surface area contributed by atoms with Crippen molar-refractivity contribution in [2.45, 2.75) is 33.2 Å². The molecule has 3 rings (SSSR count). The Morgan fingerprint density at radius 3 is 2.65 bits per heavy atom. The molecule has 2 unspecified atom stereocenters. The van der Waals surface area contributed by atoms with Gasteiger partial charge in [0.15, 0.2) is 5.65 Å². The summed E-state index contributed by atoms with van der Waals surface area (Å²) in [5, 5.41) is 14.4. The fourth-order valence-corrected chi connectivity index (χ4v) is 3.45. The molecule has 23 heavy (non-hydrogen) atoms. The first-order chi connectivity index (χ1) is 10.8. The van der Waals surface area contributed by atoms with Gasteiger partial charge in [-0.3, -0.25) is 14.3 Å². The van der Waals surface area contributed by atoms with Crippen LogP contribution in [0.4, 0.5) is 0 Å². The quantitative estimate of drug-likeness (QED) is 0.907. The van der Waals surface area contributed by atoms with Crippen LogP contribution in [0.25, 0.3) is 11.0 Å². The summed E-state index contributed by atoms with van der Waals surface area (Å²) >= 11 is 0. The van der Waals surface area contributed by atoms with Crippen LogP contribution in [0.5, 0.6) is 0 Å². The molecule has 2 aromatic rings. The summed E-state index contributed by atoms with van der Waals surface area (Å²) in [6.45, 7) is 5.94. The number of aromatic nitrogens is 3. The van der Waals surface area contributed by atoms with Crippen molar-refractivity contribution in [3.05, 3.63) is 23.0 Å². The number of rotatable bonds is 2. The van der Waals surface area contributed by atoms with Gasteiger partial charge in [0.2, 0.25) is 0 Å². The van der Waals surface area contributed by atoms with Gasteiger partial charge in [-0.2, -0.15) is 5.10 Å². The molecule has 0 bridgehead atoms. The van der Waals surface area contributed by atoms with Crippen LogP contribution in [0.15, 0.2) is 6.07 Å². The van der Waals surface area contributed by atoms with Crippen molar-refractivity contribution in [3.8, 4) is 0 Å². The van der Waals surface area contributed by atoms with Gasteiger partial charge in [-0.15, -0.1) is 0 Å². The highest BCUT2D eigenvalue weighted by molar-refractivity contribution is 6.07. The molecule has 2 aromatic heterocycles. The van der Waals surface area contributed by atoms with E-state index in [2.05, 4.69) is 10.1 Å². The molecule has 1 aliphatic rings. The number of aryl methyl sites for hydroxylation is 3. The largest absolute Gasteiger partial charge is 0.481 e. The Balaban J connectivity index is 2.07. The first kappa shape index (κ1) is 15.5. The summed E-state index contributed by atoms with van der Waals surface area (Å²) in [4.78, 5) is 30.4. The van der Waals surface area contributed by atoms with E-state index in [1.54, 1.807) is 29.6 Å². The minimum Gasteiger partial charge on any atom is -0.481 e. The Labute approximate surface area is 133 Å². The van der Waals surface area contributed by atoms with E-state index in [1.165, 1.54) is 0 Å². The Hall–Kier alpha value is -2.44. The average Bonchev–Trinajstić information content (AvgIpc) is 2.98. The summed E-state index contributed by atoms with van der Waals surface area (Å²) in [5.74, 6) is -1.50. The SMILES string of the molecule is Cc1cc(C(=O)N2CCC(C(=O)O)C2C)c2c(C)nn(C)c2n1. The van der Waals surface area contributed by atoms with Crippen LogP contribution in [0.3, 0.4) is 0 Å². The zero-order valence-electron chi connectivity index (χ0n) is 13.7. The molecular formula is C16H20N4O3. The molecule has 1 fully saturated rings. The molecular weight excluding hydrogens is 296 g/mol. The molecule has 7 nitrogen and oxygen atoms in total. The lowest BCUT2D eigenvalue weighted by Crippen LogP contribution is -2.37. The number of likely N-dealkylation sites (tertiary alicyclic amines) is 1. The number of carboxylic acid groups (broad SMARTS) is 1. The first-order valence-corrected chi connectivity index (χ1v) is 7.66. The number of carbonyl (C=O) groups is 2. The summed E-state index contributed by atoms with van der Waals surface area (Å²) in [6.07, 6.45) is 0.488. The van der Waals surface area contributed by atoms with E-state index < -0.39 is 11.9 Å². The van der Waals surface area contributed by atoms with E-state index in [4.69, 9.17) is 0 Å². The van der Waals surface area contributed by atoms with Crippen LogP contribution >= 0.6 is 0 Å². The summed E-state index contributed by atoms with van der Waals surface area (Å²) in [7, 11) is 1.80. The van der Waals surface area contributed by atoms with Crippen molar-refractivity contribution >= 4 is 22.9 Å². The monoisotopic (exact) mass is 316 g/mol. The molecule has 2 atom stereocenters. The highest BCUT2D eigenvalue weighted by atomic mass is 16.4. The number of amides is 1. The Bertz CT molecular complexity index is 811. The number of aliphatic carboxylic acids is 1. The fourth-order valence-electron chi connectivity index (χ4n) is 3.45. The van der Waals surface area contributed by atoms with Gasteiger partial charge in [-0.1, -0.05) is 0 Å². The third kappa shape index (κ3) is 2.36. The smallest absolute Gasteiger partial charge is 0.308 e. The second-order valence-corrected chi connectivity index (χ2v) is 6.19. The number of carbonyl (C=O) groups excluding carboxylic acids is 1. The van der Waals surface area contributed by atoms with Crippen LogP contribution in [0.1, 0.15) is 35.1 Å². The van der Waals surface area contributed by atoms with E-state index in [0.29, 0.717) is 24.2 Å². The van der Waals surface area contributed by atoms with Crippen LogP contribution in [-0.2, 0) is 11.8 Å². The molecule has 1 N–H and O–H groups in total. The maximum absolute atomic E-state index is 13.0. The lowest BCUT2D eigenvalue weighted by atomic mass is 10.0. The average molecular weight is 316 g/mol. The molecule has 3 heterocycles. The van der Waals surface area contributed by atoms with E-state index in [-0.39, 0.29) is 11.9 Å². The predicted molar refractivity (Wildman–Crippen MR) is 84.2 cm³/mol.